The number of alkyl halides is 1. The number of carbonyl (C=O) groups is 1. The Hall–Kier alpha value is -0.350. The van der Waals surface area contributed by atoms with Crippen molar-refractivity contribution in [3.05, 3.63) is 34.3 Å². The van der Waals surface area contributed by atoms with Crippen LogP contribution in [0, 0.1) is 0 Å². The number of likely N-dealkylation sites (tertiary alicyclic amines) is 1. The molecule has 16 heavy (non-hydrogen) atoms. The van der Waals surface area contributed by atoms with Crippen molar-refractivity contribution >= 4 is 37.8 Å². The zero-order valence-corrected chi connectivity index (χ0v) is 12.0. The summed E-state index contributed by atoms with van der Waals surface area (Å²) in [5.74, 6) is 0.214. The van der Waals surface area contributed by atoms with Crippen LogP contribution in [0.2, 0.25) is 0 Å². The SMILES string of the molecule is O=C1C(Br)CCCN1Cc1cccc(Br)c1. The Kier molecular flexibility index (Phi) is 4.03. The average Bonchev–Trinajstić information content (AvgIpc) is 2.25. The summed E-state index contributed by atoms with van der Waals surface area (Å²) in [6, 6.07) is 8.11. The lowest BCUT2D eigenvalue weighted by Crippen LogP contribution is -2.41. The van der Waals surface area contributed by atoms with E-state index in [-0.39, 0.29) is 10.7 Å². The van der Waals surface area contributed by atoms with E-state index in [2.05, 4.69) is 44.0 Å². The van der Waals surface area contributed by atoms with Crippen molar-refractivity contribution < 1.29 is 4.79 Å². The van der Waals surface area contributed by atoms with Gasteiger partial charge in [-0.25, -0.2) is 0 Å². The van der Waals surface area contributed by atoms with Gasteiger partial charge in [0.1, 0.15) is 0 Å². The second-order valence-electron chi connectivity index (χ2n) is 4.00. The lowest BCUT2D eigenvalue weighted by molar-refractivity contribution is -0.133. The topological polar surface area (TPSA) is 20.3 Å². The molecule has 2 nitrogen and oxygen atoms in total. The molecule has 0 spiro atoms. The molecular weight excluding hydrogens is 334 g/mol. The number of piperidine rings is 1. The lowest BCUT2D eigenvalue weighted by atomic mass is 10.1. The number of nitrogens with zero attached hydrogens (tertiary/aromatic N) is 1. The van der Waals surface area contributed by atoms with E-state index >= 15 is 0 Å². The molecule has 1 aromatic carbocycles. The van der Waals surface area contributed by atoms with E-state index in [1.54, 1.807) is 0 Å². The summed E-state index contributed by atoms with van der Waals surface area (Å²) in [5.41, 5.74) is 1.17. The fourth-order valence-electron chi connectivity index (χ4n) is 1.91. The number of hydrogen-bond donors (Lipinski definition) is 0. The fourth-order valence-corrected chi connectivity index (χ4v) is 2.97. The predicted molar refractivity (Wildman–Crippen MR) is 71.5 cm³/mol. The maximum absolute atomic E-state index is 11.9. The molecule has 2 rings (SSSR count). The minimum Gasteiger partial charge on any atom is -0.337 e. The second-order valence-corrected chi connectivity index (χ2v) is 6.02. The molecule has 1 aliphatic rings. The van der Waals surface area contributed by atoms with E-state index in [4.69, 9.17) is 0 Å². The van der Waals surface area contributed by atoms with Crippen LogP contribution in [0.5, 0.6) is 0 Å². The second kappa shape index (κ2) is 5.32. The van der Waals surface area contributed by atoms with Gasteiger partial charge in [0.15, 0.2) is 0 Å². The van der Waals surface area contributed by atoms with Gasteiger partial charge in [-0.1, -0.05) is 44.0 Å². The van der Waals surface area contributed by atoms with Crippen LogP contribution in [0.1, 0.15) is 18.4 Å². The maximum atomic E-state index is 11.9. The summed E-state index contributed by atoms with van der Waals surface area (Å²) >= 11 is 6.86. The van der Waals surface area contributed by atoms with Crippen LogP contribution in [-0.4, -0.2) is 22.2 Å². The summed E-state index contributed by atoms with van der Waals surface area (Å²) in [6.45, 7) is 1.58. The van der Waals surface area contributed by atoms with Gasteiger partial charge in [0.2, 0.25) is 5.91 Å². The molecule has 1 fully saturated rings. The zero-order chi connectivity index (χ0) is 11.5. The van der Waals surface area contributed by atoms with Gasteiger partial charge in [-0.2, -0.15) is 0 Å². The Morgan fingerprint density at radius 2 is 2.25 bits per heavy atom. The maximum Gasteiger partial charge on any atom is 0.236 e. The molecule has 0 bridgehead atoms. The Morgan fingerprint density at radius 3 is 3.00 bits per heavy atom. The first-order valence-corrected chi connectivity index (χ1v) is 7.05. The van der Waals surface area contributed by atoms with E-state index in [0.717, 1.165) is 23.9 Å². The van der Waals surface area contributed by atoms with Gasteiger partial charge in [-0.05, 0) is 30.5 Å². The molecule has 0 N–H and O–H groups in total. The molecule has 1 atom stereocenters. The van der Waals surface area contributed by atoms with Gasteiger partial charge < -0.3 is 4.90 Å². The van der Waals surface area contributed by atoms with E-state index in [9.17, 15) is 4.79 Å². The predicted octanol–water partition coefficient (Wildman–Crippen LogP) is 3.34. The van der Waals surface area contributed by atoms with E-state index in [1.807, 2.05) is 17.0 Å². The number of halogens is 2. The largest absolute Gasteiger partial charge is 0.337 e. The van der Waals surface area contributed by atoms with Crippen LogP contribution in [0.15, 0.2) is 28.7 Å². The van der Waals surface area contributed by atoms with Crippen LogP contribution in [0.3, 0.4) is 0 Å². The Labute approximate surface area is 112 Å². The first kappa shape index (κ1) is 12.1. The number of carbonyl (C=O) groups excluding carboxylic acids is 1. The molecular formula is C12H13Br2NO. The Bertz CT molecular complexity index is 394. The molecule has 1 heterocycles. The summed E-state index contributed by atoms with van der Waals surface area (Å²) < 4.78 is 1.06. The van der Waals surface area contributed by atoms with Crippen molar-refractivity contribution in [2.75, 3.05) is 6.54 Å². The van der Waals surface area contributed by atoms with E-state index in [1.165, 1.54) is 5.56 Å². The molecule has 0 radical (unpaired) electrons. The van der Waals surface area contributed by atoms with Crippen molar-refractivity contribution in [2.45, 2.75) is 24.2 Å². The number of hydrogen-bond acceptors (Lipinski definition) is 1. The highest BCUT2D eigenvalue weighted by atomic mass is 79.9. The molecule has 1 saturated heterocycles. The summed E-state index contributed by atoms with van der Waals surface area (Å²) in [7, 11) is 0. The third-order valence-electron chi connectivity index (χ3n) is 2.73. The molecule has 1 aromatic rings. The molecule has 4 heteroatoms. The third kappa shape index (κ3) is 2.86. The van der Waals surface area contributed by atoms with Gasteiger partial charge in [-0.15, -0.1) is 0 Å². The number of amides is 1. The molecule has 0 aromatic heterocycles. The van der Waals surface area contributed by atoms with Crippen molar-refractivity contribution in [3.8, 4) is 0 Å². The van der Waals surface area contributed by atoms with Crippen LogP contribution in [0.4, 0.5) is 0 Å². The number of rotatable bonds is 2. The quantitative estimate of drug-likeness (QED) is 0.752. The molecule has 1 amide bonds. The van der Waals surface area contributed by atoms with E-state index < -0.39 is 0 Å². The van der Waals surface area contributed by atoms with Crippen molar-refractivity contribution in [2.24, 2.45) is 0 Å². The number of benzene rings is 1. The van der Waals surface area contributed by atoms with Crippen LogP contribution < -0.4 is 0 Å². The van der Waals surface area contributed by atoms with Crippen LogP contribution in [-0.2, 0) is 11.3 Å². The van der Waals surface area contributed by atoms with Gasteiger partial charge in [0, 0.05) is 17.6 Å². The minimum atomic E-state index is 0.00778. The molecule has 1 aliphatic heterocycles. The van der Waals surface area contributed by atoms with Gasteiger partial charge in [-0.3, -0.25) is 4.79 Å². The standard InChI is InChI=1S/C12H13Br2NO/c13-10-4-1-3-9(7-10)8-15-6-2-5-11(14)12(15)16/h1,3-4,7,11H,2,5-6,8H2. The fraction of sp³-hybridized carbons (Fsp3) is 0.417. The third-order valence-corrected chi connectivity index (χ3v) is 4.07. The Balaban J connectivity index is 2.06. The summed E-state index contributed by atoms with van der Waals surface area (Å²) in [5, 5.41) is 0. The monoisotopic (exact) mass is 345 g/mol. The van der Waals surface area contributed by atoms with Crippen molar-refractivity contribution in [3.63, 3.8) is 0 Å². The normalized spacial score (nSPS) is 21.2. The first-order valence-electron chi connectivity index (χ1n) is 5.34. The smallest absolute Gasteiger partial charge is 0.236 e. The molecule has 1 unspecified atom stereocenters. The average molecular weight is 347 g/mol. The minimum absolute atomic E-state index is 0.00778. The highest BCUT2D eigenvalue weighted by Gasteiger charge is 2.26. The lowest BCUT2D eigenvalue weighted by Gasteiger charge is -2.29. The molecule has 86 valence electrons. The first-order chi connectivity index (χ1) is 7.66. The van der Waals surface area contributed by atoms with E-state index in [0.29, 0.717) is 6.54 Å². The van der Waals surface area contributed by atoms with Crippen molar-refractivity contribution in [1.29, 1.82) is 0 Å². The van der Waals surface area contributed by atoms with Crippen LogP contribution in [0.25, 0.3) is 0 Å². The summed E-state index contributed by atoms with van der Waals surface area (Å²) in [4.78, 5) is 13.8. The van der Waals surface area contributed by atoms with Gasteiger partial charge in [0.05, 0.1) is 4.83 Å². The van der Waals surface area contributed by atoms with Crippen molar-refractivity contribution in [1.82, 2.24) is 4.90 Å². The molecule has 0 saturated carbocycles. The van der Waals surface area contributed by atoms with Gasteiger partial charge >= 0.3 is 0 Å². The van der Waals surface area contributed by atoms with Crippen LogP contribution >= 0.6 is 31.9 Å². The van der Waals surface area contributed by atoms with Gasteiger partial charge in [0.25, 0.3) is 0 Å². The summed E-state index contributed by atoms with van der Waals surface area (Å²) in [6.07, 6.45) is 2.03. The highest BCUT2D eigenvalue weighted by Crippen LogP contribution is 2.21. The Morgan fingerprint density at radius 1 is 1.44 bits per heavy atom. The zero-order valence-electron chi connectivity index (χ0n) is 8.83. The molecule has 0 aliphatic carbocycles. The highest BCUT2D eigenvalue weighted by molar-refractivity contribution is 9.10.